The highest BCUT2D eigenvalue weighted by molar-refractivity contribution is 4.76. The minimum absolute atomic E-state index is 0.913. The van der Waals surface area contributed by atoms with Crippen LogP contribution in [0.1, 0.15) is 25.7 Å². The Morgan fingerprint density at radius 2 is 1.73 bits per heavy atom. The molecule has 1 fully saturated rings. The van der Waals surface area contributed by atoms with Crippen LogP contribution in [0, 0.1) is 0 Å². The van der Waals surface area contributed by atoms with Crippen LogP contribution in [-0.4, -0.2) is 19.8 Å². The standard InChI is InChI=1S/C5H8O.C4H8O/c1-2-4-6-5-3-1;1-2-4-5-3-1/h2,4H,1,3,5H2;1-4H2. The molecule has 11 heavy (non-hydrogen) atoms. The van der Waals surface area contributed by atoms with Gasteiger partial charge in [0.05, 0.1) is 12.9 Å². The van der Waals surface area contributed by atoms with E-state index in [4.69, 9.17) is 9.47 Å². The summed E-state index contributed by atoms with van der Waals surface area (Å²) >= 11 is 0. The van der Waals surface area contributed by atoms with E-state index >= 15 is 0 Å². The van der Waals surface area contributed by atoms with Crippen LogP contribution in [0.4, 0.5) is 0 Å². The smallest absolute Gasteiger partial charge is 0.0876 e. The Kier molecular flexibility index (Phi) is 4.86. The summed E-state index contributed by atoms with van der Waals surface area (Å²) in [6.07, 6.45) is 8.75. The molecule has 0 aliphatic carbocycles. The fourth-order valence-electron chi connectivity index (χ4n) is 0.999. The molecule has 1 saturated heterocycles. The molecule has 0 saturated carbocycles. The molecule has 0 aromatic heterocycles. The molecule has 2 nitrogen and oxygen atoms in total. The molecule has 0 unspecified atom stereocenters. The predicted octanol–water partition coefficient (Wildman–Crippen LogP) is 2.11. The van der Waals surface area contributed by atoms with Gasteiger partial charge < -0.3 is 9.47 Å². The molecular weight excluding hydrogens is 140 g/mol. The van der Waals surface area contributed by atoms with E-state index < -0.39 is 0 Å². The summed E-state index contributed by atoms with van der Waals surface area (Å²) < 4.78 is 9.83. The van der Waals surface area contributed by atoms with E-state index in [0.717, 1.165) is 19.8 Å². The summed E-state index contributed by atoms with van der Waals surface area (Å²) in [6, 6.07) is 0. The monoisotopic (exact) mass is 156 g/mol. The van der Waals surface area contributed by atoms with Crippen molar-refractivity contribution in [3.8, 4) is 0 Å². The minimum atomic E-state index is 0.913. The van der Waals surface area contributed by atoms with E-state index in [-0.39, 0.29) is 0 Å². The zero-order valence-electron chi connectivity index (χ0n) is 6.92. The molecule has 2 aliphatic rings. The van der Waals surface area contributed by atoms with Crippen LogP contribution >= 0.6 is 0 Å². The minimum Gasteiger partial charge on any atom is -0.502 e. The molecule has 2 aliphatic heterocycles. The lowest BCUT2D eigenvalue weighted by Crippen LogP contribution is -1.90. The lowest BCUT2D eigenvalue weighted by molar-refractivity contribution is 0.198. The lowest BCUT2D eigenvalue weighted by atomic mass is 10.3. The fourth-order valence-corrected chi connectivity index (χ4v) is 0.999. The van der Waals surface area contributed by atoms with Gasteiger partial charge in [-0.15, -0.1) is 0 Å². The number of hydrogen-bond donors (Lipinski definition) is 0. The second-order valence-electron chi connectivity index (χ2n) is 2.70. The topological polar surface area (TPSA) is 18.5 Å². The first-order chi connectivity index (χ1) is 5.50. The van der Waals surface area contributed by atoms with Gasteiger partial charge in [-0.3, -0.25) is 0 Å². The van der Waals surface area contributed by atoms with Crippen molar-refractivity contribution < 1.29 is 9.47 Å². The first kappa shape index (κ1) is 8.60. The summed E-state index contributed by atoms with van der Waals surface area (Å²) in [5.74, 6) is 0. The molecule has 0 bridgehead atoms. The number of rotatable bonds is 0. The average molecular weight is 156 g/mol. The summed E-state index contributed by atoms with van der Waals surface area (Å²) in [5.41, 5.74) is 0. The second-order valence-corrected chi connectivity index (χ2v) is 2.70. The van der Waals surface area contributed by atoms with Gasteiger partial charge in [0.1, 0.15) is 0 Å². The molecule has 0 radical (unpaired) electrons. The van der Waals surface area contributed by atoms with Gasteiger partial charge in [-0.05, 0) is 31.8 Å². The molecule has 2 rings (SSSR count). The van der Waals surface area contributed by atoms with Gasteiger partial charge in [-0.2, -0.15) is 0 Å². The van der Waals surface area contributed by atoms with Crippen molar-refractivity contribution in [1.82, 2.24) is 0 Å². The van der Waals surface area contributed by atoms with Crippen LogP contribution in [-0.2, 0) is 9.47 Å². The maximum absolute atomic E-state index is 4.94. The molecule has 64 valence electrons. The molecule has 0 aromatic rings. The molecule has 0 spiro atoms. The highest BCUT2D eigenvalue weighted by Crippen LogP contribution is 1.98. The Balaban J connectivity index is 0.000000112. The van der Waals surface area contributed by atoms with Crippen molar-refractivity contribution in [2.24, 2.45) is 0 Å². The summed E-state index contributed by atoms with van der Waals surface area (Å²) in [4.78, 5) is 0. The Morgan fingerprint density at radius 1 is 0.909 bits per heavy atom. The average Bonchev–Trinajstić information content (AvgIpc) is 2.64. The molecule has 0 amide bonds. The van der Waals surface area contributed by atoms with E-state index in [9.17, 15) is 0 Å². The van der Waals surface area contributed by atoms with Crippen molar-refractivity contribution in [3.63, 3.8) is 0 Å². The second kappa shape index (κ2) is 6.23. The Bertz CT molecular complexity index is 90.5. The molecule has 0 N–H and O–H groups in total. The van der Waals surface area contributed by atoms with Crippen LogP contribution in [0.25, 0.3) is 0 Å². The van der Waals surface area contributed by atoms with Crippen LogP contribution in [0.15, 0.2) is 12.3 Å². The van der Waals surface area contributed by atoms with Gasteiger partial charge in [0.15, 0.2) is 0 Å². The fraction of sp³-hybridized carbons (Fsp3) is 0.778. The summed E-state index contributed by atoms with van der Waals surface area (Å²) in [5, 5.41) is 0. The Hall–Kier alpha value is -0.500. The van der Waals surface area contributed by atoms with Crippen molar-refractivity contribution in [3.05, 3.63) is 12.3 Å². The molecular formula is C9H16O2. The largest absolute Gasteiger partial charge is 0.502 e. The Morgan fingerprint density at radius 3 is 1.91 bits per heavy atom. The van der Waals surface area contributed by atoms with Crippen LogP contribution < -0.4 is 0 Å². The number of ether oxygens (including phenoxy) is 2. The van der Waals surface area contributed by atoms with Gasteiger partial charge in [0.2, 0.25) is 0 Å². The first-order valence-corrected chi connectivity index (χ1v) is 4.34. The molecule has 2 heterocycles. The molecule has 2 heteroatoms. The van der Waals surface area contributed by atoms with Gasteiger partial charge in [0.25, 0.3) is 0 Å². The van der Waals surface area contributed by atoms with Crippen molar-refractivity contribution in [1.29, 1.82) is 0 Å². The maximum atomic E-state index is 4.94. The van der Waals surface area contributed by atoms with Crippen LogP contribution in [0.5, 0.6) is 0 Å². The van der Waals surface area contributed by atoms with Gasteiger partial charge in [0, 0.05) is 13.2 Å². The number of hydrogen-bond acceptors (Lipinski definition) is 2. The van der Waals surface area contributed by atoms with Gasteiger partial charge >= 0.3 is 0 Å². The SMILES string of the molecule is C1=COCCC1.C1CCOC1. The van der Waals surface area contributed by atoms with E-state index in [0.29, 0.717) is 0 Å². The van der Waals surface area contributed by atoms with Crippen LogP contribution in [0.2, 0.25) is 0 Å². The van der Waals surface area contributed by atoms with Crippen molar-refractivity contribution >= 4 is 0 Å². The first-order valence-electron chi connectivity index (χ1n) is 4.34. The quantitative estimate of drug-likeness (QED) is 0.534. The summed E-state index contributed by atoms with van der Waals surface area (Å²) in [6.45, 7) is 2.91. The van der Waals surface area contributed by atoms with E-state index in [1.54, 1.807) is 6.26 Å². The zero-order chi connectivity index (χ0) is 7.78. The normalized spacial score (nSPS) is 21.8. The Labute approximate surface area is 68.2 Å². The molecule has 0 aromatic carbocycles. The third-order valence-electron chi connectivity index (χ3n) is 1.65. The van der Waals surface area contributed by atoms with Crippen molar-refractivity contribution in [2.75, 3.05) is 19.8 Å². The van der Waals surface area contributed by atoms with Gasteiger partial charge in [-0.1, -0.05) is 0 Å². The van der Waals surface area contributed by atoms with Gasteiger partial charge in [-0.25, -0.2) is 0 Å². The number of allylic oxidation sites excluding steroid dienone is 1. The lowest BCUT2D eigenvalue weighted by Gasteiger charge is -2.01. The van der Waals surface area contributed by atoms with E-state index in [2.05, 4.69) is 0 Å². The van der Waals surface area contributed by atoms with Crippen molar-refractivity contribution in [2.45, 2.75) is 25.7 Å². The maximum Gasteiger partial charge on any atom is 0.0876 e. The third kappa shape index (κ3) is 4.85. The van der Waals surface area contributed by atoms with Crippen LogP contribution in [0.3, 0.4) is 0 Å². The molecule has 0 atom stereocenters. The predicted molar refractivity (Wildman–Crippen MR) is 44.4 cm³/mol. The highest BCUT2D eigenvalue weighted by atomic mass is 16.5. The van der Waals surface area contributed by atoms with E-state index in [1.165, 1.54) is 25.7 Å². The third-order valence-corrected chi connectivity index (χ3v) is 1.65. The summed E-state index contributed by atoms with van der Waals surface area (Å²) in [7, 11) is 0. The van der Waals surface area contributed by atoms with E-state index in [1.807, 2.05) is 6.08 Å². The zero-order valence-corrected chi connectivity index (χ0v) is 6.92. The highest BCUT2D eigenvalue weighted by Gasteiger charge is 1.94.